The normalized spacial score (nSPS) is 14.8. The monoisotopic (exact) mass is 446 g/mol. The van der Waals surface area contributed by atoms with Gasteiger partial charge >= 0.3 is 0 Å². The maximum atomic E-state index is 12.8. The minimum atomic E-state index is -3.49. The molecule has 0 bridgehead atoms. The number of hydrogen-bond acceptors (Lipinski definition) is 5. The van der Waals surface area contributed by atoms with Crippen LogP contribution in [0.15, 0.2) is 47.4 Å². The number of aryl methyl sites for hydroxylation is 1. The molecule has 0 atom stereocenters. The summed E-state index contributed by atoms with van der Waals surface area (Å²) in [5, 5.41) is 0. The number of carbonyl (C=O) groups excluding carboxylic acids is 1. The van der Waals surface area contributed by atoms with Crippen molar-refractivity contribution in [3.05, 3.63) is 53.6 Å². The molecule has 0 spiro atoms. The van der Waals surface area contributed by atoms with Crippen LogP contribution in [-0.2, 0) is 21.4 Å². The van der Waals surface area contributed by atoms with Gasteiger partial charge in [-0.1, -0.05) is 18.6 Å². The first kappa shape index (κ1) is 23.1. The van der Waals surface area contributed by atoms with E-state index in [1.54, 1.807) is 48.5 Å². The molecule has 0 saturated carbocycles. The van der Waals surface area contributed by atoms with Crippen molar-refractivity contribution < 1.29 is 22.7 Å². The predicted molar refractivity (Wildman–Crippen MR) is 119 cm³/mol. The minimum absolute atomic E-state index is 0.119. The minimum Gasteiger partial charge on any atom is -0.497 e. The highest BCUT2D eigenvalue weighted by molar-refractivity contribution is 7.89. The molecule has 1 saturated heterocycles. The van der Waals surface area contributed by atoms with Crippen LogP contribution in [0.4, 0.5) is 0 Å². The van der Waals surface area contributed by atoms with Crippen molar-refractivity contribution >= 4 is 15.9 Å². The quantitative estimate of drug-likeness (QED) is 0.622. The van der Waals surface area contributed by atoms with Gasteiger partial charge in [0.1, 0.15) is 11.5 Å². The van der Waals surface area contributed by atoms with Crippen LogP contribution in [0.5, 0.6) is 11.5 Å². The lowest BCUT2D eigenvalue weighted by Gasteiger charge is -2.26. The smallest absolute Gasteiger partial charge is 0.260 e. The number of amides is 1. The van der Waals surface area contributed by atoms with Crippen LogP contribution < -0.4 is 9.47 Å². The number of methoxy groups -OCH3 is 1. The van der Waals surface area contributed by atoms with Crippen LogP contribution in [0.2, 0.25) is 0 Å². The van der Waals surface area contributed by atoms with Gasteiger partial charge in [-0.25, -0.2) is 8.42 Å². The van der Waals surface area contributed by atoms with Crippen molar-refractivity contribution in [2.75, 3.05) is 33.9 Å². The Balaban J connectivity index is 1.58. The van der Waals surface area contributed by atoms with Crippen molar-refractivity contribution in [2.24, 2.45) is 0 Å². The highest BCUT2D eigenvalue weighted by Crippen LogP contribution is 2.26. The first-order chi connectivity index (χ1) is 14.8. The van der Waals surface area contributed by atoms with E-state index in [2.05, 4.69) is 0 Å². The molecule has 1 aliphatic heterocycles. The summed E-state index contributed by atoms with van der Waals surface area (Å²) in [6, 6.07) is 12.3. The van der Waals surface area contributed by atoms with E-state index in [-0.39, 0.29) is 17.4 Å². The van der Waals surface area contributed by atoms with Crippen LogP contribution in [0.1, 0.15) is 30.4 Å². The lowest BCUT2D eigenvalue weighted by molar-refractivity contribution is -0.132. The number of ether oxygens (including phenoxy) is 2. The van der Waals surface area contributed by atoms with Crippen molar-refractivity contribution in [1.29, 1.82) is 0 Å². The summed E-state index contributed by atoms with van der Waals surface area (Å²) in [5.74, 6) is 1.10. The molecular weight excluding hydrogens is 416 g/mol. The van der Waals surface area contributed by atoms with Crippen molar-refractivity contribution in [3.63, 3.8) is 0 Å². The van der Waals surface area contributed by atoms with E-state index in [0.717, 1.165) is 30.6 Å². The Hall–Kier alpha value is -2.58. The van der Waals surface area contributed by atoms with E-state index >= 15 is 0 Å². The molecule has 8 heteroatoms. The third-order valence-electron chi connectivity index (χ3n) is 5.45. The number of likely N-dealkylation sites (N-methyl/N-ethyl adjacent to an activating group) is 1. The summed E-state index contributed by atoms with van der Waals surface area (Å²) in [6.45, 7) is 3.25. The molecular formula is C23H30N2O5S. The van der Waals surface area contributed by atoms with Crippen molar-refractivity contribution in [2.45, 2.75) is 37.6 Å². The van der Waals surface area contributed by atoms with Crippen LogP contribution in [-0.4, -0.2) is 57.4 Å². The summed E-state index contributed by atoms with van der Waals surface area (Å²) in [5.41, 5.74) is 1.67. The summed E-state index contributed by atoms with van der Waals surface area (Å²) >= 11 is 0. The zero-order valence-electron chi connectivity index (χ0n) is 18.3. The van der Waals surface area contributed by atoms with Gasteiger partial charge in [0.15, 0.2) is 6.61 Å². The summed E-state index contributed by atoms with van der Waals surface area (Å²) in [6.07, 6.45) is 2.86. The average molecular weight is 447 g/mol. The molecule has 0 radical (unpaired) electrons. The Morgan fingerprint density at radius 1 is 1.06 bits per heavy atom. The molecule has 2 aromatic rings. The van der Waals surface area contributed by atoms with E-state index in [9.17, 15) is 13.2 Å². The van der Waals surface area contributed by atoms with Gasteiger partial charge in [0.25, 0.3) is 5.91 Å². The zero-order valence-corrected chi connectivity index (χ0v) is 19.2. The molecule has 1 amide bonds. The molecule has 1 aliphatic rings. The predicted octanol–water partition coefficient (Wildman–Crippen LogP) is 3.22. The lowest BCUT2D eigenvalue weighted by atomic mass is 10.2. The Morgan fingerprint density at radius 3 is 2.35 bits per heavy atom. The maximum Gasteiger partial charge on any atom is 0.260 e. The van der Waals surface area contributed by atoms with Gasteiger partial charge < -0.3 is 14.4 Å². The molecule has 2 aromatic carbocycles. The standard InChI is InChI=1S/C23H30N2O5S/c1-18-15-21(31(27,28)25-13-5-4-6-14-25)11-12-22(18)30-17-23(26)24(2)16-19-7-9-20(29-3)10-8-19/h7-12,15H,4-6,13-14,16-17H2,1-3H3. The van der Waals surface area contributed by atoms with Crippen LogP contribution >= 0.6 is 0 Å². The maximum absolute atomic E-state index is 12.8. The SMILES string of the molecule is COc1ccc(CN(C)C(=O)COc2ccc(S(=O)(=O)N3CCCCC3)cc2C)cc1. The molecule has 0 aromatic heterocycles. The first-order valence-electron chi connectivity index (χ1n) is 10.4. The number of benzene rings is 2. The molecule has 1 heterocycles. The second-order valence-corrected chi connectivity index (χ2v) is 9.72. The fourth-order valence-corrected chi connectivity index (χ4v) is 5.14. The van der Waals surface area contributed by atoms with E-state index in [0.29, 0.717) is 30.9 Å². The number of nitrogens with zero attached hydrogens (tertiary/aromatic N) is 2. The fourth-order valence-electron chi connectivity index (χ4n) is 3.54. The Bertz CT molecular complexity index is 999. The van der Waals surface area contributed by atoms with E-state index in [4.69, 9.17) is 9.47 Å². The van der Waals surface area contributed by atoms with Gasteiger partial charge in [-0.2, -0.15) is 4.31 Å². The number of rotatable bonds is 8. The third kappa shape index (κ3) is 5.77. The van der Waals surface area contributed by atoms with Crippen LogP contribution in [0.25, 0.3) is 0 Å². The van der Waals surface area contributed by atoms with Crippen molar-refractivity contribution in [1.82, 2.24) is 9.21 Å². The Labute approximate surface area is 184 Å². The lowest BCUT2D eigenvalue weighted by Crippen LogP contribution is -2.35. The fraction of sp³-hybridized carbons (Fsp3) is 0.435. The van der Waals surface area contributed by atoms with Gasteiger partial charge in [0, 0.05) is 26.7 Å². The number of carbonyl (C=O) groups is 1. The van der Waals surface area contributed by atoms with E-state index in [1.807, 2.05) is 24.3 Å². The topological polar surface area (TPSA) is 76.1 Å². The van der Waals surface area contributed by atoms with E-state index < -0.39 is 10.0 Å². The zero-order chi connectivity index (χ0) is 22.4. The van der Waals surface area contributed by atoms with Gasteiger partial charge in [-0.05, 0) is 61.2 Å². The second-order valence-electron chi connectivity index (χ2n) is 7.78. The van der Waals surface area contributed by atoms with Gasteiger partial charge in [-0.3, -0.25) is 4.79 Å². The summed E-state index contributed by atoms with van der Waals surface area (Å²) < 4.78 is 38.0. The summed E-state index contributed by atoms with van der Waals surface area (Å²) in [7, 11) is -0.162. The van der Waals surface area contributed by atoms with E-state index in [1.165, 1.54) is 0 Å². The molecule has 0 N–H and O–H groups in total. The Kier molecular flexibility index (Phi) is 7.56. The van der Waals surface area contributed by atoms with Crippen molar-refractivity contribution in [3.8, 4) is 11.5 Å². The first-order valence-corrected chi connectivity index (χ1v) is 11.9. The highest BCUT2D eigenvalue weighted by atomic mass is 32.2. The molecule has 0 aliphatic carbocycles. The van der Waals surface area contributed by atoms with Gasteiger partial charge in [0.05, 0.1) is 12.0 Å². The average Bonchev–Trinajstić information content (AvgIpc) is 2.79. The van der Waals surface area contributed by atoms with Crippen LogP contribution in [0, 0.1) is 6.92 Å². The largest absolute Gasteiger partial charge is 0.497 e. The summed E-state index contributed by atoms with van der Waals surface area (Å²) in [4.78, 5) is 14.3. The van der Waals surface area contributed by atoms with Gasteiger partial charge in [0.2, 0.25) is 10.0 Å². The second kappa shape index (κ2) is 10.2. The number of sulfonamides is 1. The number of hydrogen-bond donors (Lipinski definition) is 0. The molecule has 7 nitrogen and oxygen atoms in total. The molecule has 31 heavy (non-hydrogen) atoms. The van der Waals surface area contributed by atoms with Crippen LogP contribution in [0.3, 0.4) is 0 Å². The van der Waals surface area contributed by atoms with Gasteiger partial charge in [-0.15, -0.1) is 0 Å². The highest BCUT2D eigenvalue weighted by Gasteiger charge is 2.26. The molecule has 168 valence electrons. The number of piperidine rings is 1. The third-order valence-corrected chi connectivity index (χ3v) is 7.35. The molecule has 0 unspecified atom stereocenters. The molecule has 3 rings (SSSR count). The molecule has 1 fully saturated rings. The Morgan fingerprint density at radius 2 is 1.74 bits per heavy atom.